The molecule has 0 aromatic heterocycles. The van der Waals surface area contributed by atoms with Crippen LogP contribution in [-0.4, -0.2) is 61.7 Å². The first-order chi connectivity index (χ1) is 20.4. The van der Waals surface area contributed by atoms with Crippen LogP contribution in [0.15, 0.2) is 60.4 Å². The number of carbonyl (C=O) groups excluding carboxylic acids is 2. The molecule has 0 spiro atoms. The Hall–Kier alpha value is -3.37. The van der Waals surface area contributed by atoms with Crippen LogP contribution in [0.25, 0.3) is 6.08 Å². The zero-order valence-corrected chi connectivity index (χ0v) is 24.9. The van der Waals surface area contributed by atoms with E-state index >= 15 is 0 Å². The van der Waals surface area contributed by atoms with Crippen LogP contribution in [-0.2, 0) is 24.5 Å². The summed E-state index contributed by atoms with van der Waals surface area (Å²) < 4.78 is 57.2. The average molecular weight is 602 g/mol. The fraction of sp³-hybridized carbons (Fsp3) is 0.515. The molecule has 0 radical (unpaired) electrons. The highest BCUT2D eigenvalue weighted by Gasteiger charge is 2.65. The SMILES string of the molecule is COC12CCCCC1(c1cccc(OC(C)=O)c1)C[C@@H](NC(=O)C(=Cc1ccccc1)OC(F)(F)F)[N@+](C)(CC1CC1)C2. The second kappa shape index (κ2) is 12.0. The molecule has 3 aliphatic rings. The normalized spacial score (nSPS) is 29.3. The van der Waals surface area contributed by atoms with Gasteiger partial charge < -0.3 is 18.7 Å². The summed E-state index contributed by atoms with van der Waals surface area (Å²) >= 11 is 0. The number of nitrogens with one attached hydrogen (secondary N) is 1. The van der Waals surface area contributed by atoms with Gasteiger partial charge in [-0.3, -0.25) is 14.9 Å². The molecule has 232 valence electrons. The van der Waals surface area contributed by atoms with Gasteiger partial charge in [-0.05, 0) is 55.0 Å². The van der Waals surface area contributed by atoms with Crippen molar-refractivity contribution in [3.05, 3.63) is 71.5 Å². The number of esters is 1. The van der Waals surface area contributed by atoms with Gasteiger partial charge in [0.25, 0.3) is 5.91 Å². The monoisotopic (exact) mass is 601 g/mol. The van der Waals surface area contributed by atoms with E-state index in [1.165, 1.54) is 6.92 Å². The standard InChI is InChI=1S/C33H39F3N2O5/c1-23(39)42-27-13-9-12-26(19-27)31-16-7-8-17-32(31,41-3)22-38(2,21-25-14-15-25)29(20-31)37-30(40)28(43-33(34,35)36)18-24-10-5-4-6-11-24/h4-6,9-13,18-19,25,29H,7-8,14-17,20-22H2,1-3H3/p+1/t29-,31?,32?,38+/m0/s1. The van der Waals surface area contributed by atoms with E-state index in [0.29, 0.717) is 34.7 Å². The number of benzene rings is 2. The Morgan fingerprint density at radius 3 is 2.44 bits per heavy atom. The largest absolute Gasteiger partial charge is 0.573 e. The molecule has 10 heteroatoms. The fourth-order valence-corrected chi connectivity index (χ4v) is 7.46. The zero-order chi connectivity index (χ0) is 30.9. The number of likely N-dealkylation sites (N-methyl/N-ethyl adjacent to an activating group) is 1. The second-order valence-corrected chi connectivity index (χ2v) is 12.5. The van der Waals surface area contributed by atoms with Crippen molar-refractivity contribution in [2.24, 2.45) is 5.92 Å². The molecule has 2 aromatic carbocycles. The second-order valence-electron chi connectivity index (χ2n) is 12.5. The number of amides is 1. The van der Waals surface area contributed by atoms with E-state index in [0.717, 1.165) is 56.7 Å². The van der Waals surface area contributed by atoms with Gasteiger partial charge in [0.05, 0.1) is 13.6 Å². The zero-order valence-electron chi connectivity index (χ0n) is 24.9. The van der Waals surface area contributed by atoms with Crippen LogP contribution in [0.2, 0.25) is 0 Å². The Morgan fingerprint density at radius 2 is 1.79 bits per heavy atom. The minimum atomic E-state index is -5.04. The van der Waals surface area contributed by atoms with Crippen molar-refractivity contribution >= 4 is 18.0 Å². The van der Waals surface area contributed by atoms with Gasteiger partial charge in [-0.15, -0.1) is 13.2 Å². The van der Waals surface area contributed by atoms with Gasteiger partial charge in [-0.1, -0.05) is 55.3 Å². The van der Waals surface area contributed by atoms with Gasteiger partial charge in [0.15, 0.2) is 11.9 Å². The third kappa shape index (κ3) is 6.75. The van der Waals surface area contributed by atoms with Crippen LogP contribution in [0.3, 0.4) is 0 Å². The van der Waals surface area contributed by atoms with E-state index < -0.39 is 41.2 Å². The number of hydrogen-bond acceptors (Lipinski definition) is 5. The Bertz CT molecular complexity index is 1360. The summed E-state index contributed by atoms with van der Waals surface area (Å²) in [6, 6.07) is 15.8. The van der Waals surface area contributed by atoms with Gasteiger partial charge in [-0.25, -0.2) is 0 Å². The minimum Gasteiger partial charge on any atom is -0.427 e. The van der Waals surface area contributed by atoms with Crippen LogP contribution in [0.4, 0.5) is 13.2 Å². The molecule has 2 unspecified atom stereocenters. The highest BCUT2D eigenvalue weighted by atomic mass is 19.4. The number of rotatable bonds is 9. The van der Waals surface area contributed by atoms with E-state index in [1.807, 2.05) is 18.2 Å². The number of alkyl halides is 3. The molecule has 1 N–H and O–H groups in total. The van der Waals surface area contributed by atoms with Gasteiger partial charge in [0, 0.05) is 31.8 Å². The summed E-state index contributed by atoms with van der Waals surface area (Å²) in [5.74, 6) is -1.26. The predicted molar refractivity (Wildman–Crippen MR) is 154 cm³/mol. The molecule has 1 heterocycles. The number of piperidine rings is 1. The van der Waals surface area contributed by atoms with Crippen molar-refractivity contribution in [3.8, 4) is 5.75 Å². The smallest absolute Gasteiger partial charge is 0.427 e. The molecule has 2 aromatic rings. The van der Waals surface area contributed by atoms with Crippen molar-refractivity contribution in [3.63, 3.8) is 0 Å². The van der Waals surface area contributed by atoms with Crippen molar-refractivity contribution in [1.29, 1.82) is 0 Å². The molecule has 5 rings (SSSR count). The van der Waals surface area contributed by atoms with Gasteiger partial charge in [0.2, 0.25) is 0 Å². The minimum absolute atomic E-state index is 0.417. The average Bonchev–Trinajstić information content (AvgIpc) is 3.76. The maximum absolute atomic E-state index is 13.7. The third-order valence-corrected chi connectivity index (χ3v) is 9.47. The van der Waals surface area contributed by atoms with Gasteiger partial charge in [-0.2, -0.15) is 0 Å². The predicted octanol–water partition coefficient (Wildman–Crippen LogP) is 6.09. The van der Waals surface area contributed by atoms with E-state index in [4.69, 9.17) is 9.47 Å². The van der Waals surface area contributed by atoms with Crippen molar-refractivity contribution in [2.75, 3.05) is 27.2 Å². The lowest BCUT2D eigenvalue weighted by atomic mass is 9.55. The summed E-state index contributed by atoms with van der Waals surface area (Å²) in [5, 5.41) is 3.00. The number of methoxy groups -OCH3 is 1. The lowest BCUT2D eigenvalue weighted by Gasteiger charge is -2.62. The molecule has 4 atom stereocenters. The first-order valence-corrected chi connectivity index (χ1v) is 14.9. The number of likely N-dealkylation sites (tertiary alicyclic amines) is 1. The van der Waals surface area contributed by atoms with Crippen molar-refractivity contribution in [1.82, 2.24) is 5.32 Å². The number of ether oxygens (including phenoxy) is 3. The number of carbonyl (C=O) groups is 2. The summed E-state index contributed by atoms with van der Waals surface area (Å²) in [7, 11) is 3.80. The molecule has 43 heavy (non-hydrogen) atoms. The highest BCUT2D eigenvalue weighted by molar-refractivity contribution is 5.96. The third-order valence-electron chi connectivity index (χ3n) is 9.47. The summed E-state index contributed by atoms with van der Waals surface area (Å²) in [6.07, 6.45) is 1.62. The van der Waals surface area contributed by atoms with Gasteiger partial charge >= 0.3 is 12.3 Å². The quantitative estimate of drug-likeness (QED) is 0.124. The Kier molecular flexibility index (Phi) is 8.64. The summed E-state index contributed by atoms with van der Waals surface area (Å²) in [4.78, 5) is 25.5. The maximum Gasteiger partial charge on any atom is 0.573 e. The highest BCUT2D eigenvalue weighted by Crippen LogP contribution is 2.56. The summed E-state index contributed by atoms with van der Waals surface area (Å²) in [6.45, 7) is 2.69. The van der Waals surface area contributed by atoms with E-state index in [1.54, 1.807) is 43.5 Å². The molecule has 1 aliphatic heterocycles. The molecule has 3 fully saturated rings. The van der Waals surface area contributed by atoms with E-state index in [2.05, 4.69) is 17.1 Å². The Balaban J connectivity index is 1.56. The number of halogens is 3. The van der Waals surface area contributed by atoms with Crippen LogP contribution >= 0.6 is 0 Å². The molecule has 2 saturated carbocycles. The van der Waals surface area contributed by atoms with Crippen LogP contribution < -0.4 is 10.1 Å². The summed E-state index contributed by atoms with van der Waals surface area (Å²) in [5.41, 5.74) is 0.177. The Morgan fingerprint density at radius 1 is 1.07 bits per heavy atom. The van der Waals surface area contributed by atoms with Crippen LogP contribution in [0, 0.1) is 5.92 Å². The van der Waals surface area contributed by atoms with E-state index in [9.17, 15) is 22.8 Å². The topological polar surface area (TPSA) is 73.9 Å². The molecular weight excluding hydrogens is 561 g/mol. The lowest BCUT2D eigenvalue weighted by molar-refractivity contribution is -0.951. The van der Waals surface area contributed by atoms with Crippen LogP contribution in [0.5, 0.6) is 5.75 Å². The Labute approximate surface area is 250 Å². The molecule has 0 bridgehead atoms. The molecular formula is C33H40F3N2O5+. The fourth-order valence-electron chi connectivity index (χ4n) is 7.46. The maximum atomic E-state index is 13.7. The van der Waals surface area contributed by atoms with Crippen molar-refractivity contribution < 1.29 is 41.5 Å². The van der Waals surface area contributed by atoms with Crippen molar-refractivity contribution in [2.45, 2.75) is 75.4 Å². The van der Waals surface area contributed by atoms with Crippen LogP contribution in [0.1, 0.15) is 63.0 Å². The first kappa shape index (κ1) is 31.1. The lowest BCUT2D eigenvalue weighted by Crippen LogP contribution is -2.76. The van der Waals surface area contributed by atoms with E-state index in [-0.39, 0.29) is 0 Å². The molecule has 2 aliphatic carbocycles. The van der Waals surface area contributed by atoms with Gasteiger partial charge in [0.1, 0.15) is 17.9 Å². The molecule has 7 nitrogen and oxygen atoms in total. The number of quaternary nitrogens is 1. The number of fused-ring (bicyclic) bond motifs is 1. The number of nitrogens with zero attached hydrogens (tertiary/aromatic N) is 1. The molecule has 1 saturated heterocycles. The number of hydrogen-bond donors (Lipinski definition) is 1. The molecule has 1 amide bonds. The first-order valence-electron chi connectivity index (χ1n) is 14.9.